The van der Waals surface area contributed by atoms with E-state index in [1.165, 1.54) is 4.90 Å². The molecule has 0 aromatic heterocycles. The Morgan fingerprint density at radius 3 is 2.29 bits per heavy atom. The van der Waals surface area contributed by atoms with Crippen molar-refractivity contribution in [1.82, 2.24) is 4.90 Å². The minimum absolute atomic E-state index is 0.0606. The fourth-order valence-corrected chi connectivity index (χ4v) is 4.20. The van der Waals surface area contributed by atoms with E-state index in [1.54, 1.807) is 26.8 Å². The third-order valence-corrected chi connectivity index (χ3v) is 5.64. The molecule has 1 atom stereocenters. The maximum atomic E-state index is 13.7. The van der Waals surface area contributed by atoms with Crippen LogP contribution in [0, 0.1) is 5.92 Å². The largest absolute Gasteiger partial charge is 0.443 e. The second kappa shape index (κ2) is 9.26. The Kier molecular flexibility index (Phi) is 6.38. The lowest BCUT2D eigenvalue weighted by Crippen LogP contribution is -2.55. The maximum Gasteiger partial charge on any atom is 0.418 e. The lowest BCUT2D eigenvalue weighted by atomic mass is 9.90. The first kappa shape index (κ1) is 23.4. The molecule has 5 heteroatoms. The number of benzene rings is 3. The molecule has 1 aliphatic heterocycles. The Bertz CT molecular complexity index is 1280. The molecule has 0 saturated carbocycles. The summed E-state index contributed by atoms with van der Waals surface area (Å²) < 4.78 is 5.66. The van der Waals surface area contributed by atoms with Gasteiger partial charge in [0.05, 0.1) is 11.8 Å². The van der Waals surface area contributed by atoms with E-state index in [0.717, 1.165) is 21.9 Å². The predicted octanol–water partition coefficient (Wildman–Crippen LogP) is 6.47. The van der Waals surface area contributed by atoms with Gasteiger partial charge in [-0.25, -0.2) is 14.7 Å². The van der Waals surface area contributed by atoms with E-state index in [1.807, 2.05) is 86.6 Å². The van der Waals surface area contributed by atoms with Crippen molar-refractivity contribution in [3.8, 4) is 0 Å². The van der Waals surface area contributed by atoms with Crippen LogP contribution in [0.4, 0.5) is 4.79 Å². The Balaban J connectivity index is 1.92. The van der Waals surface area contributed by atoms with Crippen LogP contribution in [-0.4, -0.2) is 34.3 Å². The van der Waals surface area contributed by atoms with Crippen LogP contribution in [0.1, 0.15) is 45.7 Å². The average Bonchev–Trinajstić information content (AvgIpc) is 2.79. The normalized spacial score (nSPS) is 17.9. The lowest BCUT2D eigenvalue weighted by Gasteiger charge is -2.38. The van der Waals surface area contributed by atoms with E-state index in [9.17, 15) is 9.59 Å². The lowest BCUT2D eigenvalue weighted by molar-refractivity contribution is -0.128. The van der Waals surface area contributed by atoms with Crippen LogP contribution in [-0.2, 0) is 9.53 Å². The van der Waals surface area contributed by atoms with Crippen molar-refractivity contribution in [2.45, 2.75) is 46.3 Å². The molecule has 1 unspecified atom stereocenters. The fourth-order valence-electron chi connectivity index (χ4n) is 4.20. The summed E-state index contributed by atoms with van der Waals surface area (Å²) in [5, 5.41) is 2.08. The first-order valence-corrected chi connectivity index (χ1v) is 11.6. The molecule has 3 aromatic carbocycles. The number of carbonyl (C=O) groups is 2. The predicted molar refractivity (Wildman–Crippen MR) is 137 cm³/mol. The quantitative estimate of drug-likeness (QED) is 0.426. The molecule has 1 heterocycles. The molecule has 5 nitrogen and oxygen atoms in total. The van der Waals surface area contributed by atoms with Gasteiger partial charge in [0.25, 0.3) is 5.91 Å². The fraction of sp³-hybridized carbons (Fsp3) is 0.276. The average molecular weight is 455 g/mol. The van der Waals surface area contributed by atoms with Gasteiger partial charge in [-0.3, -0.25) is 4.79 Å². The van der Waals surface area contributed by atoms with E-state index in [4.69, 9.17) is 9.73 Å². The molecule has 0 radical (unpaired) electrons. The van der Waals surface area contributed by atoms with Crippen molar-refractivity contribution in [1.29, 1.82) is 0 Å². The smallest absolute Gasteiger partial charge is 0.418 e. The van der Waals surface area contributed by atoms with Crippen molar-refractivity contribution in [3.63, 3.8) is 0 Å². The molecule has 3 aromatic rings. The Hall–Kier alpha value is -3.73. The zero-order valence-electron chi connectivity index (χ0n) is 20.3. The molecule has 0 bridgehead atoms. The van der Waals surface area contributed by atoms with Gasteiger partial charge in [0, 0.05) is 0 Å². The number of hydrogen-bond acceptors (Lipinski definition) is 4. The molecule has 4 rings (SSSR count). The van der Waals surface area contributed by atoms with Gasteiger partial charge in [-0.05, 0) is 54.7 Å². The highest BCUT2D eigenvalue weighted by Gasteiger charge is 2.43. The number of amides is 2. The summed E-state index contributed by atoms with van der Waals surface area (Å²) in [6, 6.07) is 23.1. The molecule has 0 N–H and O–H groups in total. The molecule has 0 fully saturated rings. The van der Waals surface area contributed by atoms with Crippen molar-refractivity contribution in [3.05, 3.63) is 89.6 Å². The van der Waals surface area contributed by atoms with Crippen LogP contribution < -0.4 is 0 Å². The summed E-state index contributed by atoms with van der Waals surface area (Å²) in [7, 11) is 0. The molecular formula is C29H30N2O3. The van der Waals surface area contributed by atoms with E-state index in [0.29, 0.717) is 5.71 Å². The summed E-state index contributed by atoms with van der Waals surface area (Å²) in [5.41, 5.74) is 1.88. The van der Waals surface area contributed by atoms with Crippen LogP contribution in [0.25, 0.3) is 16.8 Å². The third kappa shape index (κ3) is 4.79. The molecular weight excluding hydrogens is 424 g/mol. The van der Waals surface area contributed by atoms with E-state index >= 15 is 0 Å². The Morgan fingerprint density at radius 1 is 0.971 bits per heavy atom. The maximum absolute atomic E-state index is 13.7. The molecule has 1 aliphatic rings. The highest BCUT2D eigenvalue weighted by molar-refractivity contribution is 6.18. The summed E-state index contributed by atoms with van der Waals surface area (Å²) >= 11 is 0. The van der Waals surface area contributed by atoms with Gasteiger partial charge in [0.2, 0.25) is 0 Å². The number of rotatable bonds is 3. The van der Waals surface area contributed by atoms with Crippen LogP contribution in [0.15, 0.2) is 83.5 Å². The summed E-state index contributed by atoms with van der Waals surface area (Å²) in [4.78, 5) is 33.1. The first-order valence-electron chi connectivity index (χ1n) is 11.6. The number of ether oxygens (including phenoxy) is 1. The summed E-state index contributed by atoms with van der Waals surface area (Å²) in [5.74, 6) is -0.518. The van der Waals surface area contributed by atoms with Gasteiger partial charge in [-0.1, -0.05) is 86.6 Å². The topological polar surface area (TPSA) is 59.0 Å². The number of hydrogen-bond donors (Lipinski definition) is 0. The SMILES string of the molecule is CC(C)C1C(c2ccccc2)=N/C(=C\c2cccc3ccccc23)C(=O)N1C(=O)OC(C)(C)C. The van der Waals surface area contributed by atoms with E-state index in [2.05, 4.69) is 0 Å². The van der Waals surface area contributed by atoms with E-state index < -0.39 is 23.6 Å². The molecule has 2 amide bonds. The van der Waals surface area contributed by atoms with Crippen LogP contribution in [0.3, 0.4) is 0 Å². The second-order valence-electron chi connectivity index (χ2n) is 9.81. The van der Waals surface area contributed by atoms with E-state index in [-0.39, 0.29) is 11.6 Å². The number of imide groups is 1. The van der Waals surface area contributed by atoms with Crippen molar-refractivity contribution in [2.24, 2.45) is 10.9 Å². The Labute approximate surface area is 200 Å². The van der Waals surface area contributed by atoms with Crippen molar-refractivity contribution in [2.75, 3.05) is 0 Å². The first-order chi connectivity index (χ1) is 16.2. The van der Waals surface area contributed by atoms with Gasteiger partial charge in [-0.15, -0.1) is 0 Å². The molecule has 0 spiro atoms. The molecule has 0 aliphatic carbocycles. The third-order valence-electron chi connectivity index (χ3n) is 5.64. The molecule has 174 valence electrons. The number of aliphatic imine (C=N–C) groups is 1. The number of carbonyl (C=O) groups excluding carboxylic acids is 2. The molecule has 0 saturated heterocycles. The minimum Gasteiger partial charge on any atom is -0.443 e. The minimum atomic E-state index is -0.736. The van der Waals surface area contributed by atoms with Crippen molar-refractivity contribution >= 4 is 34.6 Å². The second-order valence-corrected chi connectivity index (χ2v) is 9.81. The highest BCUT2D eigenvalue weighted by Crippen LogP contribution is 2.30. The van der Waals surface area contributed by atoms with Crippen LogP contribution >= 0.6 is 0 Å². The van der Waals surface area contributed by atoms with Crippen LogP contribution in [0.5, 0.6) is 0 Å². The van der Waals surface area contributed by atoms with Gasteiger partial charge in [-0.2, -0.15) is 0 Å². The number of nitrogens with zero attached hydrogens (tertiary/aromatic N) is 2. The van der Waals surface area contributed by atoms with Gasteiger partial charge < -0.3 is 4.74 Å². The number of fused-ring (bicyclic) bond motifs is 1. The highest BCUT2D eigenvalue weighted by atomic mass is 16.6. The summed E-state index contributed by atoms with van der Waals surface area (Å²) in [6.45, 7) is 9.34. The molecule has 34 heavy (non-hydrogen) atoms. The zero-order chi connectivity index (χ0) is 24.5. The van der Waals surface area contributed by atoms with Crippen LogP contribution in [0.2, 0.25) is 0 Å². The monoisotopic (exact) mass is 454 g/mol. The zero-order valence-corrected chi connectivity index (χ0v) is 20.3. The standard InChI is InChI=1S/C29H30N2O3/c1-19(2)26-25(21-13-7-6-8-14-21)30-24(27(32)31(26)28(33)34-29(3,4)5)18-22-16-11-15-20-12-9-10-17-23(20)22/h6-19,26H,1-5H3/b24-18-. The van der Waals surface area contributed by atoms with Crippen molar-refractivity contribution < 1.29 is 14.3 Å². The van der Waals surface area contributed by atoms with Gasteiger partial charge in [0.1, 0.15) is 11.3 Å². The van der Waals surface area contributed by atoms with Gasteiger partial charge >= 0.3 is 6.09 Å². The van der Waals surface area contributed by atoms with Gasteiger partial charge in [0.15, 0.2) is 0 Å². The summed E-state index contributed by atoms with van der Waals surface area (Å²) in [6.07, 6.45) is 1.10. The Morgan fingerprint density at radius 2 is 1.62 bits per heavy atom.